The molecule has 2 heterocycles. The Morgan fingerprint density at radius 2 is 1.75 bits per heavy atom. The summed E-state index contributed by atoms with van der Waals surface area (Å²) in [5.74, 6) is -0.413. The molecule has 1 unspecified atom stereocenters. The van der Waals surface area contributed by atoms with E-state index in [2.05, 4.69) is 14.2 Å². The lowest BCUT2D eigenvalue weighted by atomic mass is 9.99. The molecule has 3 aromatic carbocycles. The Bertz CT molecular complexity index is 1710. The second kappa shape index (κ2) is 9.98. The molecule has 7 nitrogen and oxygen atoms in total. The number of alkyl halides is 3. The molecular weight excluding hydrogens is 543 g/mol. The van der Waals surface area contributed by atoms with Crippen molar-refractivity contribution in [3.63, 3.8) is 0 Å². The number of aromatic carboxylic acids is 1. The Morgan fingerprint density at radius 1 is 1.02 bits per heavy atom. The van der Waals surface area contributed by atoms with Crippen molar-refractivity contribution in [2.75, 3.05) is 0 Å². The van der Waals surface area contributed by atoms with Crippen LogP contribution in [-0.4, -0.2) is 31.6 Å². The topological polar surface area (TPSA) is 86.5 Å². The van der Waals surface area contributed by atoms with Gasteiger partial charge in [0.05, 0.1) is 10.4 Å². The predicted molar refractivity (Wildman–Crippen MR) is 143 cm³/mol. The molecule has 0 aliphatic heterocycles. The molecular formula is C29H22F3N3O4S. The van der Waals surface area contributed by atoms with E-state index in [1.54, 1.807) is 35.1 Å². The van der Waals surface area contributed by atoms with Gasteiger partial charge in [0.2, 0.25) is 0 Å². The molecule has 1 saturated carbocycles. The number of carboxylic acid groups (broad SMARTS) is 1. The van der Waals surface area contributed by atoms with E-state index in [1.165, 1.54) is 12.1 Å². The van der Waals surface area contributed by atoms with E-state index in [-0.39, 0.29) is 23.6 Å². The summed E-state index contributed by atoms with van der Waals surface area (Å²) in [6.45, 7) is 1.98. The first-order valence-electron chi connectivity index (χ1n) is 12.5. The van der Waals surface area contributed by atoms with Gasteiger partial charge in [0.1, 0.15) is 11.5 Å². The average molecular weight is 566 g/mol. The predicted octanol–water partition coefficient (Wildman–Crippen LogP) is 7.72. The van der Waals surface area contributed by atoms with Crippen LogP contribution in [-0.2, 0) is 0 Å². The lowest BCUT2D eigenvalue weighted by Crippen LogP contribution is -2.20. The van der Waals surface area contributed by atoms with Gasteiger partial charge in [0, 0.05) is 23.1 Å². The van der Waals surface area contributed by atoms with Gasteiger partial charge >= 0.3 is 12.3 Å². The van der Waals surface area contributed by atoms with Crippen LogP contribution in [0.5, 0.6) is 11.5 Å². The van der Waals surface area contributed by atoms with Crippen LogP contribution in [0.25, 0.3) is 32.5 Å². The van der Waals surface area contributed by atoms with Crippen LogP contribution in [0, 0.1) is 12.8 Å². The Balaban J connectivity index is 1.25. The van der Waals surface area contributed by atoms with Crippen LogP contribution >= 0.6 is 11.5 Å². The SMILES string of the molecule is Cc1cc(OC(C2CC2)n2nccc2-c2ccc(OC(F)(F)F)cc2)ccc1-c1ccc2c(C(=O)O)nsc2c1. The number of aryl methyl sites for hydroxylation is 1. The maximum atomic E-state index is 12.6. The van der Waals surface area contributed by atoms with Crippen molar-refractivity contribution in [2.24, 2.45) is 5.92 Å². The van der Waals surface area contributed by atoms with E-state index in [1.807, 2.05) is 37.3 Å². The zero-order valence-electron chi connectivity index (χ0n) is 21.1. The van der Waals surface area contributed by atoms with Gasteiger partial charge in [-0.15, -0.1) is 13.2 Å². The van der Waals surface area contributed by atoms with E-state index < -0.39 is 12.3 Å². The fourth-order valence-corrected chi connectivity index (χ4v) is 5.54. The Hall–Kier alpha value is -4.38. The van der Waals surface area contributed by atoms with Crippen LogP contribution < -0.4 is 9.47 Å². The van der Waals surface area contributed by atoms with Crippen LogP contribution in [0.15, 0.2) is 72.9 Å². The fraction of sp³-hybridized carbons (Fsp3) is 0.207. The first-order chi connectivity index (χ1) is 19.2. The minimum absolute atomic E-state index is 0.0571. The largest absolute Gasteiger partial charge is 0.573 e. The van der Waals surface area contributed by atoms with Gasteiger partial charge in [-0.05, 0) is 96.5 Å². The number of benzene rings is 3. The van der Waals surface area contributed by atoms with E-state index in [0.717, 1.165) is 51.5 Å². The van der Waals surface area contributed by atoms with Crippen LogP contribution in [0.3, 0.4) is 0 Å². The number of halogens is 3. The van der Waals surface area contributed by atoms with Crippen molar-refractivity contribution < 1.29 is 32.5 Å². The zero-order valence-corrected chi connectivity index (χ0v) is 21.9. The Kier molecular flexibility index (Phi) is 6.46. The molecule has 1 N–H and O–H groups in total. The van der Waals surface area contributed by atoms with Gasteiger partial charge in [-0.3, -0.25) is 0 Å². The minimum atomic E-state index is -4.75. The first-order valence-corrected chi connectivity index (χ1v) is 13.2. The summed E-state index contributed by atoms with van der Waals surface area (Å²) in [4.78, 5) is 11.4. The fourth-order valence-electron chi connectivity index (χ4n) is 4.73. The third-order valence-electron chi connectivity index (χ3n) is 6.76. The number of ether oxygens (including phenoxy) is 2. The van der Waals surface area contributed by atoms with E-state index in [4.69, 9.17) is 4.74 Å². The summed E-state index contributed by atoms with van der Waals surface area (Å²) < 4.78 is 54.7. The molecule has 0 bridgehead atoms. The maximum absolute atomic E-state index is 12.6. The molecule has 1 fully saturated rings. The average Bonchev–Trinajstić information content (AvgIpc) is 3.47. The summed E-state index contributed by atoms with van der Waals surface area (Å²) in [5, 5.41) is 14.4. The molecule has 2 aromatic heterocycles. The zero-order chi connectivity index (χ0) is 28.0. The maximum Gasteiger partial charge on any atom is 0.573 e. The number of carbonyl (C=O) groups is 1. The number of hydrogen-bond acceptors (Lipinski definition) is 6. The van der Waals surface area contributed by atoms with Crippen LogP contribution in [0.1, 0.15) is 35.1 Å². The second-order valence-corrected chi connectivity index (χ2v) is 10.4. The highest BCUT2D eigenvalue weighted by atomic mass is 32.1. The molecule has 204 valence electrons. The summed E-state index contributed by atoms with van der Waals surface area (Å²) >= 11 is 1.16. The summed E-state index contributed by atoms with van der Waals surface area (Å²) in [5.41, 5.74) is 4.39. The van der Waals surface area contributed by atoms with Crippen molar-refractivity contribution in [1.82, 2.24) is 14.2 Å². The van der Waals surface area contributed by atoms with Crippen LogP contribution in [0.2, 0.25) is 0 Å². The van der Waals surface area contributed by atoms with Gasteiger partial charge < -0.3 is 14.6 Å². The highest BCUT2D eigenvalue weighted by Gasteiger charge is 2.36. The molecule has 5 aromatic rings. The summed E-state index contributed by atoms with van der Waals surface area (Å²) in [6, 6.07) is 18.9. The van der Waals surface area contributed by atoms with Crippen molar-refractivity contribution >= 4 is 27.6 Å². The minimum Gasteiger partial charge on any atom is -0.476 e. The molecule has 1 aliphatic carbocycles. The molecule has 1 atom stereocenters. The van der Waals surface area contributed by atoms with E-state index in [0.29, 0.717) is 16.7 Å². The number of hydrogen-bond donors (Lipinski definition) is 1. The molecule has 6 rings (SSSR count). The normalized spacial score (nSPS) is 14.3. The van der Waals surface area contributed by atoms with Crippen molar-refractivity contribution in [1.29, 1.82) is 0 Å². The first kappa shape index (κ1) is 25.9. The molecule has 0 radical (unpaired) electrons. The van der Waals surface area contributed by atoms with Gasteiger partial charge in [-0.1, -0.05) is 18.2 Å². The molecule has 0 amide bonds. The number of carboxylic acids is 1. The molecule has 0 spiro atoms. The molecule has 0 saturated heterocycles. The third kappa shape index (κ3) is 5.24. The summed E-state index contributed by atoms with van der Waals surface area (Å²) in [6.07, 6.45) is -1.53. The molecule has 11 heteroatoms. The standard InChI is InChI=1S/C29H22F3N3O4S/c1-16-14-21(9-11-22(16)19-6-10-23-25(15-19)40-34-26(23)28(36)37)38-27(18-2-3-18)35-24(12-13-33-35)17-4-7-20(8-5-17)39-29(30,31)32/h4-15,18,27H,2-3H2,1H3,(H,36,37). The van der Waals surface area contributed by atoms with Gasteiger partial charge in [-0.25, -0.2) is 9.48 Å². The van der Waals surface area contributed by atoms with Gasteiger partial charge in [0.15, 0.2) is 11.9 Å². The van der Waals surface area contributed by atoms with Gasteiger partial charge in [-0.2, -0.15) is 9.47 Å². The van der Waals surface area contributed by atoms with Crippen molar-refractivity contribution in [3.05, 3.63) is 84.2 Å². The summed E-state index contributed by atoms with van der Waals surface area (Å²) in [7, 11) is 0. The lowest BCUT2D eigenvalue weighted by molar-refractivity contribution is -0.274. The highest BCUT2D eigenvalue weighted by molar-refractivity contribution is 7.13. The highest BCUT2D eigenvalue weighted by Crippen LogP contribution is 2.43. The quantitative estimate of drug-likeness (QED) is 0.207. The van der Waals surface area contributed by atoms with Crippen molar-refractivity contribution in [2.45, 2.75) is 32.4 Å². The second-order valence-electron chi connectivity index (χ2n) is 9.60. The number of nitrogens with zero attached hydrogens (tertiary/aromatic N) is 3. The Labute approximate surface area is 230 Å². The van der Waals surface area contributed by atoms with E-state index >= 15 is 0 Å². The molecule has 40 heavy (non-hydrogen) atoms. The third-order valence-corrected chi connectivity index (χ3v) is 7.57. The number of aromatic nitrogens is 3. The van der Waals surface area contributed by atoms with E-state index in [9.17, 15) is 23.1 Å². The Morgan fingerprint density at radius 3 is 2.42 bits per heavy atom. The van der Waals surface area contributed by atoms with Gasteiger partial charge in [0.25, 0.3) is 0 Å². The van der Waals surface area contributed by atoms with Crippen LogP contribution in [0.4, 0.5) is 13.2 Å². The monoisotopic (exact) mass is 565 g/mol. The van der Waals surface area contributed by atoms with Crippen molar-refractivity contribution in [3.8, 4) is 33.9 Å². The lowest BCUT2D eigenvalue weighted by Gasteiger charge is -2.22. The smallest absolute Gasteiger partial charge is 0.476 e. The number of fused-ring (bicyclic) bond motifs is 1. The molecule has 1 aliphatic rings. The number of rotatable bonds is 8.